The summed E-state index contributed by atoms with van der Waals surface area (Å²) in [6.07, 6.45) is 1.68. The van der Waals surface area contributed by atoms with Crippen LogP contribution in [0, 0.1) is 0 Å². The fourth-order valence-corrected chi connectivity index (χ4v) is 4.59. The second-order valence-corrected chi connectivity index (χ2v) is 8.70. The number of fused-ring (bicyclic) bond motifs is 1. The molecule has 4 heterocycles. The molecule has 0 spiro atoms. The van der Waals surface area contributed by atoms with Crippen molar-refractivity contribution in [3.63, 3.8) is 0 Å². The first-order valence-corrected chi connectivity index (χ1v) is 11.4. The standard InChI is InChI=1S/C24H21N3O5S/c28-20(15-16-5-4-14-33-16)25-21-17-6-1-2-7-18(17)32-22(21)24(30)27-11-9-26(10-12-27)23(29)19-8-3-13-31-19/h1-8,13-14H,9-12,15H2,(H,25,28). The van der Waals surface area contributed by atoms with Crippen LogP contribution in [0.25, 0.3) is 11.0 Å². The minimum absolute atomic E-state index is 0.0986. The quantitative estimate of drug-likeness (QED) is 0.485. The number of carbonyl (C=O) groups is 3. The lowest BCUT2D eigenvalue weighted by Gasteiger charge is -2.34. The van der Waals surface area contributed by atoms with Crippen LogP contribution in [0.4, 0.5) is 5.69 Å². The van der Waals surface area contributed by atoms with Gasteiger partial charge in [0.1, 0.15) is 11.3 Å². The molecule has 4 aromatic rings. The summed E-state index contributed by atoms with van der Waals surface area (Å²) in [6.45, 7) is 1.47. The first-order chi connectivity index (χ1) is 16.1. The molecule has 1 fully saturated rings. The van der Waals surface area contributed by atoms with E-state index < -0.39 is 0 Å². The summed E-state index contributed by atoms with van der Waals surface area (Å²) in [5.74, 6) is -0.351. The summed E-state index contributed by atoms with van der Waals surface area (Å²) in [6, 6.07) is 14.3. The Labute approximate surface area is 193 Å². The third-order valence-corrected chi connectivity index (χ3v) is 6.43. The van der Waals surface area contributed by atoms with Crippen molar-refractivity contribution >= 4 is 45.7 Å². The first-order valence-electron chi connectivity index (χ1n) is 10.6. The van der Waals surface area contributed by atoms with Crippen LogP contribution in [0.3, 0.4) is 0 Å². The van der Waals surface area contributed by atoms with Crippen molar-refractivity contribution < 1.29 is 23.2 Å². The molecule has 1 aliphatic rings. The summed E-state index contributed by atoms with van der Waals surface area (Å²) >= 11 is 1.50. The molecule has 9 heteroatoms. The van der Waals surface area contributed by atoms with E-state index in [1.807, 2.05) is 35.7 Å². The maximum absolute atomic E-state index is 13.4. The number of nitrogens with one attached hydrogen (secondary N) is 1. The van der Waals surface area contributed by atoms with E-state index in [1.165, 1.54) is 17.6 Å². The van der Waals surface area contributed by atoms with Gasteiger partial charge in [0, 0.05) is 36.4 Å². The second-order valence-electron chi connectivity index (χ2n) is 7.67. The Hall–Kier alpha value is -3.85. The van der Waals surface area contributed by atoms with Crippen LogP contribution in [-0.4, -0.2) is 53.7 Å². The van der Waals surface area contributed by atoms with E-state index in [0.29, 0.717) is 42.8 Å². The Morgan fingerprint density at radius 1 is 0.909 bits per heavy atom. The summed E-state index contributed by atoms with van der Waals surface area (Å²) in [5, 5.41) is 5.48. The van der Waals surface area contributed by atoms with Crippen molar-refractivity contribution in [3.8, 4) is 0 Å². The molecular weight excluding hydrogens is 442 g/mol. The highest BCUT2D eigenvalue weighted by molar-refractivity contribution is 7.10. The number of carbonyl (C=O) groups excluding carboxylic acids is 3. The van der Waals surface area contributed by atoms with Gasteiger partial charge in [0.05, 0.1) is 12.7 Å². The van der Waals surface area contributed by atoms with Crippen LogP contribution in [0.1, 0.15) is 26.0 Å². The van der Waals surface area contributed by atoms with Crippen LogP contribution in [-0.2, 0) is 11.2 Å². The Morgan fingerprint density at radius 3 is 2.36 bits per heavy atom. The molecule has 0 radical (unpaired) electrons. The van der Waals surface area contributed by atoms with Gasteiger partial charge in [-0.2, -0.15) is 0 Å². The first kappa shape index (κ1) is 21.0. The van der Waals surface area contributed by atoms with Gasteiger partial charge in [0.2, 0.25) is 11.7 Å². The summed E-state index contributed by atoms with van der Waals surface area (Å²) in [5.41, 5.74) is 0.908. The highest BCUT2D eigenvalue weighted by Crippen LogP contribution is 2.32. The van der Waals surface area contributed by atoms with E-state index >= 15 is 0 Å². The predicted octanol–water partition coefficient (Wildman–Crippen LogP) is 3.87. The molecular formula is C24H21N3O5S. The normalized spacial score (nSPS) is 13.9. The molecule has 8 nitrogen and oxygen atoms in total. The Kier molecular flexibility index (Phi) is 5.70. The van der Waals surface area contributed by atoms with Crippen molar-refractivity contribution in [2.45, 2.75) is 6.42 Å². The number of furan rings is 2. The van der Waals surface area contributed by atoms with E-state index in [-0.39, 0.29) is 35.7 Å². The summed E-state index contributed by atoms with van der Waals surface area (Å²) < 4.78 is 11.1. The topological polar surface area (TPSA) is 96.0 Å². The number of amides is 3. The minimum Gasteiger partial charge on any atom is -0.459 e. The average Bonchev–Trinajstić information content (AvgIpc) is 3.60. The largest absolute Gasteiger partial charge is 0.459 e. The number of rotatable bonds is 5. The monoisotopic (exact) mass is 463 g/mol. The van der Waals surface area contributed by atoms with Crippen molar-refractivity contribution in [1.82, 2.24) is 9.80 Å². The van der Waals surface area contributed by atoms with Crippen molar-refractivity contribution in [2.24, 2.45) is 0 Å². The number of nitrogens with zero attached hydrogens (tertiary/aromatic N) is 2. The molecule has 33 heavy (non-hydrogen) atoms. The molecule has 5 rings (SSSR count). The molecule has 0 atom stereocenters. The van der Waals surface area contributed by atoms with Gasteiger partial charge in [-0.15, -0.1) is 11.3 Å². The van der Waals surface area contributed by atoms with E-state index in [0.717, 1.165) is 4.88 Å². The van der Waals surface area contributed by atoms with E-state index in [1.54, 1.807) is 28.0 Å². The number of piperazine rings is 1. The highest BCUT2D eigenvalue weighted by Gasteiger charge is 2.31. The Balaban J connectivity index is 1.33. The van der Waals surface area contributed by atoms with Crippen molar-refractivity contribution in [3.05, 3.63) is 76.6 Å². The SMILES string of the molecule is O=C(Cc1cccs1)Nc1c(C(=O)N2CCN(C(=O)c3ccco3)CC2)oc2ccccc12. The number of hydrogen-bond acceptors (Lipinski definition) is 6. The zero-order chi connectivity index (χ0) is 22.8. The van der Waals surface area contributed by atoms with Gasteiger partial charge in [-0.25, -0.2) is 0 Å². The lowest BCUT2D eigenvalue weighted by Crippen LogP contribution is -2.50. The number of benzene rings is 1. The molecule has 3 aromatic heterocycles. The summed E-state index contributed by atoms with van der Waals surface area (Å²) in [7, 11) is 0. The van der Waals surface area contributed by atoms with Gasteiger partial charge in [0.15, 0.2) is 5.76 Å². The molecule has 168 valence electrons. The molecule has 3 amide bonds. The van der Waals surface area contributed by atoms with Gasteiger partial charge in [0.25, 0.3) is 11.8 Å². The van der Waals surface area contributed by atoms with Gasteiger partial charge < -0.3 is 24.0 Å². The molecule has 1 saturated heterocycles. The molecule has 0 bridgehead atoms. The number of para-hydroxylation sites is 1. The molecule has 1 N–H and O–H groups in total. The third-order valence-electron chi connectivity index (χ3n) is 5.56. The van der Waals surface area contributed by atoms with Crippen LogP contribution in [0.2, 0.25) is 0 Å². The van der Waals surface area contributed by atoms with Crippen molar-refractivity contribution in [2.75, 3.05) is 31.5 Å². The van der Waals surface area contributed by atoms with E-state index in [9.17, 15) is 14.4 Å². The highest BCUT2D eigenvalue weighted by atomic mass is 32.1. The number of thiophene rings is 1. The number of hydrogen-bond donors (Lipinski definition) is 1. The second kappa shape index (κ2) is 8.95. The van der Waals surface area contributed by atoms with Crippen LogP contribution in [0.15, 0.2) is 69.0 Å². The lowest BCUT2D eigenvalue weighted by molar-refractivity contribution is -0.115. The zero-order valence-corrected chi connectivity index (χ0v) is 18.5. The maximum Gasteiger partial charge on any atom is 0.291 e. The van der Waals surface area contributed by atoms with Crippen LogP contribution >= 0.6 is 11.3 Å². The van der Waals surface area contributed by atoms with Gasteiger partial charge >= 0.3 is 0 Å². The van der Waals surface area contributed by atoms with Gasteiger partial charge in [-0.05, 0) is 35.7 Å². The Bertz CT molecular complexity index is 1290. The molecule has 0 saturated carbocycles. The number of anilines is 1. The van der Waals surface area contributed by atoms with Crippen molar-refractivity contribution in [1.29, 1.82) is 0 Å². The van der Waals surface area contributed by atoms with Gasteiger partial charge in [-0.1, -0.05) is 18.2 Å². The smallest absolute Gasteiger partial charge is 0.291 e. The van der Waals surface area contributed by atoms with Crippen LogP contribution in [0.5, 0.6) is 0 Å². The molecule has 0 unspecified atom stereocenters. The lowest BCUT2D eigenvalue weighted by atomic mass is 10.2. The maximum atomic E-state index is 13.4. The molecule has 1 aromatic carbocycles. The van der Waals surface area contributed by atoms with E-state index in [4.69, 9.17) is 8.83 Å². The predicted molar refractivity (Wildman–Crippen MR) is 123 cm³/mol. The summed E-state index contributed by atoms with van der Waals surface area (Å²) in [4.78, 5) is 42.8. The zero-order valence-electron chi connectivity index (χ0n) is 17.7. The average molecular weight is 464 g/mol. The fourth-order valence-electron chi connectivity index (χ4n) is 3.89. The third kappa shape index (κ3) is 4.27. The van der Waals surface area contributed by atoms with Gasteiger partial charge in [-0.3, -0.25) is 14.4 Å². The molecule has 1 aliphatic heterocycles. The minimum atomic E-state index is -0.317. The van der Waals surface area contributed by atoms with E-state index in [2.05, 4.69) is 5.32 Å². The fraction of sp³-hybridized carbons (Fsp3) is 0.208. The Morgan fingerprint density at radius 2 is 1.67 bits per heavy atom. The molecule has 0 aliphatic carbocycles. The van der Waals surface area contributed by atoms with Crippen LogP contribution < -0.4 is 5.32 Å².